The highest BCUT2D eigenvalue weighted by Crippen LogP contribution is 2.30. The number of nitrogens with zero attached hydrogens (tertiary/aromatic N) is 3. The van der Waals surface area contributed by atoms with Crippen molar-refractivity contribution >= 4 is 0 Å². The highest BCUT2D eigenvalue weighted by atomic mass is 15.3. The molecule has 2 saturated heterocycles. The van der Waals surface area contributed by atoms with Crippen LogP contribution in [0.5, 0.6) is 0 Å². The molecule has 0 bridgehead atoms. The Balaban J connectivity index is 1.20. The van der Waals surface area contributed by atoms with Crippen LogP contribution < -0.4 is 0 Å². The maximum Gasteiger partial charge on any atom is 0.0234 e. The van der Waals surface area contributed by atoms with Crippen molar-refractivity contribution in [3.05, 3.63) is 35.9 Å². The third-order valence-corrected chi connectivity index (χ3v) is 7.10. The molecular formula is C23H37N3. The van der Waals surface area contributed by atoms with Gasteiger partial charge >= 0.3 is 0 Å². The fourth-order valence-electron chi connectivity index (χ4n) is 5.48. The van der Waals surface area contributed by atoms with E-state index in [1.165, 1.54) is 83.4 Å². The summed E-state index contributed by atoms with van der Waals surface area (Å²) in [6.45, 7) is 11.2. The Kier molecular flexibility index (Phi) is 6.29. The summed E-state index contributed by atoms with van der Waals surface area (Å²) in [7, 11) is 0. The van der Waals surface area contributed by atoms with Gasteiger partial charge in [-0.05, 0) is 50.3 Å². The van der Waals surface area contributed by atoms with Crippen molar-refractivity contribution in [2.24, 2.45) is 5.92 Å². The average Bonchev–Trinajstić information content (AvgIpc) is 2.70. The molecule has 0 N–H and O–H groups in total. The molecule has 2 aliphatic heterocycles. The summed E-state index contributed by atoms with van der Waals surface area (Å²) in [5, 5.41) is 0. The Bertz CT molecular complexity index is 530. The van der Waals surface area contributed by atoms with Crippen molar-refractivity contribution < 1.29 is 0 Å². The van der Waals surface area contributed by atoms with E-state index in [0.717, 1.165) is 24.5 Å². The molecule has 0 amide bonds. The minimum absolute atomic E-state index is 0.839. The molecule has 0 radical (unpaired) electrons. The van der Waals surface area contributed by atoms with E-state index in [-0.39, 0.29) is 0 Å². The van der Waals surface area contributed by atoms with Crippen molar-refractivity contribution in [1.29, 1.82) is 0 Å². The Hall–Kier alpha value is -0.900. The van der Waals surface area contributed by atoms with Crippen LogP contribution in [0.25, 0.3) is 0 Å². The van der Waals surface area contributed by atoms with Gasteiger partial charge in [0.2, 0.25) is 0 Å². The van der Waals surface area contributed by atoms with E-state index in [2.05, 4.69) is 52.0 Å². The normalized spacial score (nSPS) is 30.5. The van der Waals surface area contributed by atoms with Crippen molar-refractivity contribution in [3.8, 4) is 0 Å². The van der Waals surface area contributed by atoms with Gasteiger partial charge in [0.05, 0.1) is 0 Å². The highest BCUT2D eigenvalue weighted by Gasteiger charge is 2.31. The monoisotopic (exact) mass is 355 g/mol. The van der Waals surface area contributed by atoms with Gasteiger partial charge in [0.25, 0.3) is 0 Å². The Labute approximate surface area is 160 Å². The van der Waals surface area contributed by atoms with Crippen LogP contribution in [0.2, 0.25) is 0 Å². The Morgan fingerprint density at radius 1 is 0.769 bits per heavy atom. The molecule has 1 aromatic rings. The first-order valence-electron chi connectivity index (χ1n) is 11.0. The maximum absolute atomic E-state index is 2.83. The number of benzene rings is 1. The van der Waals surface area contributed by atoms with E-state index < -0.39 is 0 Å². The summed E-state index contributed by atoms with van der Waals surface area (Å²) >= 11 is 0. The third kappa shape index (κ3) is 4.68. The van der Waals surface area contributed by atoms with Crippen molar-refractivity contribution in [1.82, 2.24) is 14.7 Å². The topological polar surface area (TPSA) is 9.72 Å². The smallest absolute Gasteiger partial charge is 0.0234 e. The number of hydrogen-bond donors (Lipinski definition) is 0. The SMILES string of the molecule is C[C@@H]1CCC[C@@H](N2CCC(N3CCN(Cc4ccccc4)CC3)CC2)C1. The fourth-order valence-corrected chi connectivity index (χ4v) is 5.48. The summed E-state index contributed by atoms with van der Waals surface area (Å²) in [6.07, 6.45) is 8.60. The third-order valence-electron chi connectivity index (χ3n) is 7.10. The van der Waals surface area contributed by atoms with Crippen LogP contribution in [0.1, 0.15) is 51.0 Å². The molecule has 144 valence electrons. The van der Waals surface area contributed by atoms with Crippen LogP contribution >= 0.6 is 0 Å². The van der Waals surface area contributed by atoms with Crippen LogP contribution in [0, 0.1) is 5.92 Å². The first-order chi connectivity index (χ1) is 12.8. The van der Waals surface area contributed by atoms with Crippen molar-refractivity contribution in [2.45, 2.75) is 64.1 Å². The number of piperidine rings is 1. The second-order valence-electron chi connectivity index (χ2n) is 8.99. The summed E-state index contributed by atoms with van der Waals surface area (Å²) in [5.41, 5.74) is 1.45. The molecule has 1 aromatic carbocycles. The van der Waals surface area contributed by atoms with E-state index in [0.29, 0.717) is 0 Å². The molecule has 1 saturated carbocycles. The highest BCUT2D eigenvalue weighted by molar-refractivity contribution is 5.14. The molecule has 0 spiro atoms. The van der Waals surface area contributed by atoms with E-state index >= 15 is 0 Å². The van der Waals surface area contributed by atoms with Crippen LogP contribution in [0.3, 0.4) is 0 Å². The van der Waals surface area contributed by atoms with Gasteiger partial charge < -0.3 is 4.90 Å². The molecule has 3 fully saturated rings. The Morgan fingerprint density at radius 2 is 1.46 bits per heavy atom. The number of rotatable bonds is 4. The molecule has 4 rings (SSSR count). The molecule has 1 aliphatic carbocycles. The van der Waals surface area contributed by atoms with Crippen LogP contribution in [0.15, 0.2) is 30.3 Å². The zero-order valence-corrected chi connectivity index (χ0v) is 16.7. The zero-order valence-electron chi connectivity index (χ0n) is 16.7. The van der Waals surface area contributed by atoms with Crippen LogP contribution in [-0.4, -0.2) is 66.1 Å². The number of piperazine rings is 1. The standard InChI is InChI=1S/C23H37N3/c1-20-6-5-9-23(18-20)25-12-10-22(11-13-25)26-16-14-24(15-17-26)19-21-7-3-2-4-8-21/h2-4,7-8,20,22-23H,5-6,9-19H2,1H3/t20-,23-/m1/s1. The van der Waals surface area contributed by atoms with E-state index in [9.17, 15) is 0 Å². The Morgan fingerprint density at radius 3 is 2.15 bits per heavy atom. The molecule has 3 heteroatoms. The minimum atomic E-state index is 0.839. The molecule has 3 nitrogen and oxygen atoms in total. The van der Waals surface area contributed by atoms with Crippen LogP contribution in [-0.2, 0) is 6.54 Å². The molecule has 26 heavy (non-hydrogen) atoms. The van der Waals surface area contributed by atoms with Gasteiger partial charge in [0.1, 0.15) is 0 Å². The average molecular weight is 356 g/mol. The second-order valence-corrected chi connectivity index (χ2v) is 8.99. The van der Waals surface area contributed by atoms with Gasteiger partial charge in [-0.1, -0.05) is 50.1 Å². The first-order valence-corrected chi connectivity index (χ1v) is 11.0. The quantitative estimate of drug-likeness (QED) is 0.812. The largest absolute Gasteiger partial charge is 0.300 e. The van der Waals surface area contributed by atoms with Gasteiger partial charge in [0, 0.05) is 44.8 Å². The minimum Gasteiger partial charge on any atom is -0.300 e. The van der Waals surface area contributed by atoms with Crippen LogP contribution in [0.4, 0.5) is 0 Å². The first kappa shape index (κ1) is 18.5. The van der Waals surface area contributed by atoms with E-state index in [1.54, 1.807) is 0 Å². The molecule has 2 atom stereocenters. The lowest BCUT2D eigenvalue weighted by atomic mass is 9.85. The fraction of sp³-hybridized carbons (Fsp3) is 0.739. The lowest BCUT2D eigenvalue weighted by Gasteiger charge is -2.45. The molecule has 0 aromatic heterocycles. The van der Waals surface area contributed by atoms with Gasteiger partial charge in [0.15, 0.2) is 0 Å². The summed E-state index contributed by atoms with van der Waals surface area (Å²) < 4.78 is 0. The zero-order chi connectivity index (χ0) is 17.8. The second kappa shape index (κ2) is 8.86. The lowest BCUT2D eigenvalue weighted by molar-refractivity contribution is 0.0357. The maximum atomic E-state index is 2.83. The molecular weight excluding hydrogens is 318 g/mol. The predicted octanol–water partition coefficient (Wildman–Crippen LogP) is 3.85. The molecule has 3 aliphatic rings. The van der Waals surface area contributed by atoms with E-state index in [1.807, 2.05) is 0 Å². The predicted molar refractivity (Wildman–Crippen MR) is 109 cm³/mol. The summed E-state index contributed by atoms with van der Waals surface area (Å²) in [4.78, 5) is 8.25. The van der Waals surface area contributed by atoms with Gasteiger partial charge in [-0.3, -0.25) is 9.80 Å². The van der Waals surface area contributed by atoms with Crippen molar-refractivity contribution in [2.75, 3.05) is 39.3 Å². The van der Waals surface area contributed by atoms with Crippen molar-refractivity contribution in [3.63, 3.8) is 0 Å². The van der Waals surface area contributed by atoms with Gasteiger partial charge in [-0.15, -0.1) is 0 Å². The van der Waals surface area contributed by atoms with Gasteiger partial charge in [-0.2, -0.15) is 0 Å². The number of hydrogen-bond acceptors (Lipinski definition) is 3. The lowest BCUT2D eigenvalue weighted by Crippen LogP contribution is -2.54. The van der Waals surface area contributed by atoms with Gasteiger partial charge in [-0.25, -0.2) is 0 Å². The van der Waals surface area contributed by atoms with E-state index in [4.69, 9.17) is 0 Å². The summed E-state index contributed by atoms with van der Waals surface area (Å²) in [5.74, 6) is 0.948. The number of likely N-dealkylation sites (tertiary alicyclic amines) is 1. The summed E-state index contributed by atoms with van der Waals surface area (Å²) in [6, 6.07) is 12.7. The molecule has 0 unspecified atom stereocenters. The molecule has 2 heterocycles.